The molecule has 2 saturated heterocycles. The van der Waals surface area contributed by atoms with Gasteiger partial charge in [0.05, 0.1) is 5.01 Å². The van der Waals surface area contributed by atoms with Crippen molar-refractivity contribution in [3.63, 3.8) is 0 Å². The van der Waals surface area contributed by atoms with Crippen LogP contribution in [0.4, 0.5) is 0 Å². The van der Waals surface area contributed by atoms with E-state index in [-0.39, 0.29) is 30.7 Å². The lowest BCUT2D eigenvalue weighted by molar-refractivity contribution is -0.144. The Morgan fingerprint density at radius 2 is 2.11 bits per heavy atom. The summed E-state index contributed by atoms with van der Waals surface area (Å²) in [7, 11) is 0. The van der Waals surface area contributed by atoms with Crippen molar-refractivity contribution >= 4 is 42.1 Å². The van der Waals surface area contributed by atoms with E-state index in [9.17, 15) is 4.79 Å². The van der Waals surface area contributed by atoms with E-state index in [0.717, 1.165) is 57.6 Å². The van der Waals surface area contributed by atoms with Gasteiger partial charge in [-0.1, -0.05) is 0 Å². The van der Waals surface area contributed by atoms with Crippen LogP contribution in [-0.4, -0.2) is 51.8 Å². The number of amides is 1. The quantitative estimate of drug-likeness (QED) is 0.810. The number of likely N-dealkylation sites (tertiary alicyclic amines) is 1. The van der Waals surface area contributed by atoms with Gasteiger partial charge in [0.2, 0.25) is 0 Å². The number of piperidine rings is 2. The SMILES string of the molecule is Cc1csc(C2CCCN(C(=O)C3(n4cccn4)CCNCC3)C2)n1.Cl.Cl. The molecule has 27 heavy (non-hydrogen) atoms. The van der Waals surface area contributed by atoms with Crippen LogP contribution in [0, 0.1) is 6.92 Å². The van der Waals surface area contributed by atoms with Crippen LogP contribution in [0.5, 0.6) is 0 Å². The normalized spacial score (nSPS) is 21.8. The van der Waals surface area contributed by atoms with Crippen molar-refractivity contribution in [2.75, 3.05) is 26.2 Å². The molecule has 9 heteroatoms. The fraction of sp³-hybridized carbons (Fsp3) is 0.611. The first-order chi connectivity index (χ1) is 12.2. The third-order valence-electron chi connectivity index (χ3n) is 5.47. The van der Waals surface area contributed by atoms with Gasteiger partial charge in [-0.05, 0) is 51.8 Å². The maximum Gasteiger partial charge on any atom is 0.250 e. The second-order valence-corrected chi connectivity index (χ2v) is 8.04. The minimum absolute atomic E-state index is 0. The first-order valence-electron chi connectivity index (χ1n) is 9.11. The molecule has 2 aromatic rings. The molecule has 0 spiro atoms. The van der Waals surface area contributed by atoms with Gasteiger partial charge in [0.15, 0.2) is 0 Å². The zero-order valence-corrected chi connectivity index (χ0v) is 17.9. The first-order valence-corrected chi connectivity index (χ1v) is 9.99. The highest BCUT2D eigenvalue weighted by Gasteiger charge is 2.45. The molecule has 0 saturated carbocycles. The van der Waals surface area contributed by atoms with E-state index in [2.05, 4.69) is 25.7 Å². The Morgan fingerprint density at radius 3 is 2.74 bits per heavy atom. The van der Waals surface area contributed by atoms with Crippen LogP contribution in [0.1, 0.15) is 42.3 Å². The Labute approximate surface area is 176 Å². The van der Waals surface area contributed by atoms with Crippen LogP contribution < -0.4 is 5.32 Å². The summed E-state index contributed by atoms with van der Waals surface area (Å²) in [5.74, 6) is 0.600. The van der Waals surface area contributed by atoms with Gasteiger partial charge in [-0.15, -0.1) is 36.2 Å². The Bertz CT molecular complexity index is 730. The Balaban J connectivity index is 0.00000131. The largest absolute Gasteiger partial charge is 0.340 e. The van der Waals surface area contributed by atoms with Crippen molar-refractivity contribution in [3.8, 4) is 0 Å². The molecule has 1 atom stereocenters. The van der Waals surface area contributed by atoms with Crippen LogP contribution in [0.2, 0.25) is 0 Å². The third-order valence-corrected chi connectivity index (χ3v) is 6.59. The van der Waals surface area contributed by atoms with Crippen LogP contribution in [0.3, 0.4) is 0 Å². The minimum atomic E-state index is -0.532. The van der Waals surface area contributed by atoms with E-state index < -0.39 is 5.54 Å². The average Bonchev–Trinajstić information content (AvgIpc) is 3.34. The van der Waals surface area contributed by atoms with Crippen molar-refractivity contribution < 1.29 is 4.79 Å². The van der Waals surface area contributed by atoms with Crippen LogP contribution in [-0.2, 0) is 10.3 Å². The lowest BCUT2D eigenvalue weighted by Gasteiger charge is -2.42. The van der Waals surface area contributed by atoms with E-state index in [1.54, 1.807) is 17.5 Å². The summed E-state index contributed by atoms with van der Waals surface area (Å²) in [5, 5.41) is 11.1. The van der Waals surface area contributed by atoms with Gasteiger partial charge in [-0.3, -0.25) is 9.48 Å². The number of nitrogens with zero attached hydrogens (tertiary/aromatic N) is 4. The van der Waals surface area contributed by atoms with Crippen LogP contribution >= 0.6 is 36.2 Å². The zero-order valence-electron chi connectivity index (χ0n) is 15.5. The number of aryl methyl sites for hydroxylation is 1. The second-order valence-electron chi connectivity index (χ2n) is 7.15. The molecule has 4 heterocycles. The third kappa shape index (κ3) is 4.31. The number of carbonyl (C=O) groups excluding carboxylic acids is 1. The summed E-state index contributed by atoms with van der Waals surface area (Å²) in [6, 6.07) is 1.91. The summed E-state index contributed by atoms with van der Waals surface area (Å²) >= 11 is 1.73. The molecule has 150 valence electrons. The Hall–Kier alpha value is -1.15. The molecule has 1 amide bonds. The monoisotopic (exact) mass is 431 g/mol. The molecule has 0 aliphatic carbocycles. The van der Waals surface area contributed by atoms with Crippen molar-refractivity contribution in [2.24, 2.45) is 0 Å². The molecule has 0 aromatic carbocycles. The van der Waals surface area contributed by atoms with Crippen molar-refractivity contribution in [1.29, 1.82) is 0 Å². The van der Waals surface area contributed by atoms with Gasteiger partial charge in [0, 0.05) is 42.5 Å². The van der Waals surface area contributed by atoms with Gasteiger partial charge in [0.1, 0.15) is 5.54 Å². The summed E-state index contributed by atoms with van der Waals surface area (Å²) in [4.78, 5) is 20.3. The maximum atomic E-state index is 13.6. The van der Waals surface area contributed by atoms with Gasteiger partial charge in [-0.25, -0.2) is 4.98 Å². The smallest absolute Gasteiger partial charge is 0.250 e. The molecule has 2 aliphatic heterocycles. The van der Waals surface area contributed by atoms with E-state index in [1.807, 2.05) is 23.9 Å². The minimum Gasteiger partial charge on any atom is -0.340 e. The molecule has 2 aliphatic rings. The fourth-order valence-electron chi connectivity index (χ4n) is 4.12. The Kier molecular flexibility index (Phi) is 7.68. The molecule has 0 bridgehead atoms. The van der Waals surface area contributed by atoms with Gasteiger partial charge in [0.25, 0.3) is 5.91 Å². The molecule has 1 N–H and O–H groups in total. The summed E-state index contributed by atoms with van der Waals surface area (Å²) in [6.45, 7) is 5.37. The summed E-state index contributed by atoms with van der Waals surface area (Å²) in [5.41, 5.74) is 0.546. The maximum absolute atomic E-state index is 13.6. The molecule has 0 radical (unpaired) electrons. The first kappa shape index (κ1) is 22.1. The predicted octanol–water partition coefficient (Wildman–Crippen LogP) is 2.98. The standard InChI is InChI=1S/C18H25N5OS.2ClH/c1-14-13-25-16(21-14)15-4-2-10-22(12-15)17(24)18(5-8-19-9-6-18)23-11-3-7-20-23;;/h3,7,11,13,15,19H,2,4-6,8-10,12H2,1H3;2*1H. The molecule has 2 aromatic heterocycles. The number of aromatic nitrogens is 3. The highest BCUT2D eigenvalue weighted by molar-refractivity contribution is 7.09. The van der Waals surface area contributed by atoms with Crippen molar-refractivity contribution in [1.82, 2.24) is 25.0 Å². The highest BCUT2D eigenvalue weighted by atomic mass is 35.5. The molecule has 1 unspecified atom stereocenters. The molecular weight excluding hydrogens is 405 g/mol. The molecule has 6 nitrogen and oxygen atoms in total. The lowest BCUT2D eigenvalue weighted by Crippen LogP contribution is -2.57. The number of thiazole rings is 1. The number of rotatable bonds is 3. The van der Waals surface area contributed by atoms with Crippen LogP contribution in [0.15, 0.2) is 23.8 Å². The lowest BCUT2D eigenvalue weighted by atomic mass is 9.85. The summed E-state index contributed by atoms with van der Waals surface area (Å²) in [6.07, 6.45) is 7.47. The number of nitrogens with one attached hydrogen (secondary N) is 1. The van der Waals surface area contributed by atoms with Crippen molar-refractivity contribution in [2.45, 2.75) is 44.1 Å². The predicted molar refractivity (Wildman–Crippen MR) is 112 cm³/mol. The number of hydrogen-bond acceptors (Lipinski definition) is 5. The molecular formula is C18H27Cl2N5OS. The van der Waals surface area contributed by atoms with Crippen LogP contribution in [0.25, 0.3) is 0 Å². The van der Waals surface area contributed by atoms with E-state index in [1.165, 1.54) is 5.01 Å². The van der Waals surface area contributed by atoms with Gasteiger partial charge in [-0.2, -0.15) is 5.10 Å². The van der Waals surface area contributed by atoms with Crippen molar-refractivity contribution in [3.05, 3.63) is 34.5 Å². The number of carbonyl (C=O) groups is 1. The summed E-state index contributed by atoms with van der Waals surface area (Å²) < 4.78 is 1.90. The van der Waals surface area contributed by atoms with E-state index >= 15 is 0 Å². The highest BCUT2D eigenvalue weighted by Crippen LogP contribution is 2.34. The fourth-order valence-corrected chi connectivity index (χ4v) is 5.05. The topological polar surface area (TPSA) is 63.1 Å². The van der Waals surface area contributed by atoms with Gasteiger partial charge < -0.3 is 10.2 Å². The second kappa shape index (κ2) is 9.37. The number of hydrogen-bond donors (Lipinski definition) is 1. The van der Waals surface area contributed by atoms with Gasteiger partial charge >= 0.3 is 0 Å². The van der Waals surface area contributed by atoms with E-state index in [0.29, 0.717) is 5.92 Å². The Morgan fingerprint density at radius 1 is 1.33 bits per heavy atom. The van der Waals surface area contributed by atoms with E-state index in [4.69, 9.17) is 0 Å². The zero-order chi connectivity index (χ0) is 17.3. The average molecular weight is 432 g/mol. The molecule has 4 rings (SSSR count). The number of halogens is 2. The molecule has 2 fully saturated rings.